The predicted octanol–water partition coefficient (Wildman–Crippen LogP) is 4.03. The third-order valence-corrected chi connectivity index (χ3v) is 4.86. The molecule has 0 radical (unpaired) electrons. The van der Waals surface area contributed by atoms with E-state index < -0.39 is 0 Å². The Morgan fingerprint density at radius 2 is 2.00 bits per heavy atom. The molecular weight excluding hydrogens is 370 g/mol. The fraction of sp³-hybridized carbons (Fsp3) is 0.0556. The molecule has 0 aliphatic heterocycles. The number of halogens is 1. The first-order valence-corrected chi connectivity index (χ1v) is 9.17. The number of rotatable bonds is 3. The van der Waals surface area contributed by atoms with Crippen LogP contribution >= 0.6 is 22.9 Å². The van der Waals surface area contributed by atoms with Crippen molar-refractivity contribution >= 4 is 45.7 Å². The molecule has 8 heteroatoms. The average molecular weight is 385 g/mol. The largest absolute Gasteiger partial charge is 0.357 e. The highest BCUT2D eigenvalue weighted by molar-refractivity contribution is 7.07. The van der Waals surface area contributed by atoms with E-state index in [1.807, 2.05) is 29.6 Å². The van der Waals surface area contributed by atoms with Gasteiger partial charge in [0.15, 0.2) is 11.2 Å². The summed E-state index contributed by atoms with van der Waals surface area (Å²) in [6.45, 7) is 0. The standard InChI is InChI=1S/C18H14ClN5OS/c1-23(13-8-6-12(19)7-9-13)18(25)22-24-16-5-3-2-4-14(16)21-17(24)15-10-26-11-20-15/h2-11H,1H3,(H,22,25)/p+1. The van der Waals surface area contributed by atoms with Gasteiger partial charge in [-0.3, -0.25) is 4.90 Å². The molecule has 2 heterocycles. The first kappa shape index (κ1) is 16.6. The van der Waals surface area contributed by atoms with Crippen LogP contribution in [0.5, 0.6) is 0 Å². The Hall–Kier alpha value is -2.90. The van der Waals surface area contributed by atoms with Gasteiger partial charge in [0.2, 0.25) is 5.52 Å². The van der Waals surface area contributed by atoms with Crippen LogP contribution in [-0.2, 0) is 0 Å². The van der Waals surface area contributed by atoms with E-state index >= 15 is 0 Å². The number of para-hydroxylation sites is 2. The highest BCUT2D eigenvalue weighted by Gasteiger charge is 2.25. The van der Waals surface area contributed by atoms with Gasteiger partial charge in [-0.05, 0) is 36.4 Å². The van der Waals surface area contributed by atoms with Crippen molar-refractivity contribution in [1.29, 1.82) is 0 Å². The van der Waals surface area contributed by atoms with Crippen molar-refractivity contribution in [2.75, 3.05) is 17.4 Å². The molecule has 0 aliphatic carbocycles. The summed E-state index contributed by atoms with van der Waals surface area (Å²) in [5.74, 6) is 0.713. The molecule has 2 aromatic carbocycles. The van der Waals surface area contributed by atoms with Gasteiger partial charge < -0.3 is 0 Å². The molecule has 130 valence electrons. The molecule has 0 spiro atoms. The number of thiazole rings is 1. The maximum absolute atomic E-state index is 12.8. The molecule has 0 fully saturated rings. The van der Waals surface area contributed by atoms with Crippen molar-refractivity contribution in [2.45, 2.75) is 0 Å². The molecule has 0 saturated carbocycles. The van der Waals surface area contributed by atoms with Crippen LogP contribution in [0.25, 0.3) is 22.6 Å². The zero-order valence-corrected chi connectivity index (χ0v) is 15.4. The van der Waals surface area contributed by atoms with Crippen molar-refractivity contribution in [3.05, 3.63) is 64.4 Å². The number of hydrogen-bond donors (Lipinski definition) is 2. The molecule has 0 aliphatic rings. The average Bonchev–Trinajstić information content (AvgIpc) is 3.30. The van der Waals surface area contributed by atoms with Gasteiger partial charge in [0, 0.05) is 23.1 Å². The summed E-state index contributed by atoms with van der Waals surface area (Å²) in [4.78, 5) is 22.0. The Morgan fingerprint density at radius 1 is 1.23 bits per heavy atom. The number of carbonyl (C=O) groups is 1. The van der Waals surface area contributed by atoms with Crippen molar-refractivity contribution in [3.63, 3.8) is 0 Å². The van der Waals surface area contributed by atoms with E-state index in [1.54, 1.807) is 41.5 Å². The van der Waals surface area contributed by atoms with E-state index in [0.29, 0.717) is 10.8 Å². The molecule has 0 unspecified atom stereocenters. The van der Waals surface area contributed by atoms with Crippen molar-refractivity contribution in [1.82, 2.24) is 9.97 Å². The smallest absolute Gasteiger partial charge is 0.295 e. The number of benzene rings is 2. The number of imidazole rings is 1. The lowest BCUT2D eigenvalue weighted by atomic mass is 10.3. The molecule has 2 aromatic heterocycles. The Labute approximate surface area is 158 Å². The minimum atomic E-state index is -0.279. The molecule has 4 rings (SSSR count). The maximum Gasteiger partial charge on any atom is 0.357 e. The number of hydrogen-bond acceptors (Lipinski definition) is 3. The Balaban J connectivity index is 1.71. The lowest BCUT2D eigenvalue weighted by Crippen LogP contribution is -2.53. The molecule has 26 heavy (non-hydrogen) atoms. The highest BCUT2D eigenvalue weighted by Crippen LogP contribution is 2.19. The van der Waals surface area contributed by atoms with Gasteiger partial charge in [-0.2, -0.15) is 5.43 Å². The quantitative estimate of drug-likeness (QED) is 0.524. The predicted molar refractivity (Wildman–Crippen MR) is 104 cm³/mol. The number of anilines is 1. The summed E-state index contributed by atoms with van der Waals surface area (Å²) in [5, 5.41) is 2.55. The fourth-order valence-electron chi connectivity index (χ4n) is 2.66. The number of aromatic nitrogens is 3. The van der Waals surface area contributed by atoms with Gasteiger partial charge in [-0.25, -0.2) is 14.8 Å². The van der Waals surface area contributed by atoms with Gasteiger partial charge in [0.05, 0.1) is 5.51 Å². The van der Waals surface area contributed by atoms with E-state index in [1.165, 1.54) is 16.2 Å². The minimum Gasteiger partial charge on any atom is -0.295 e. The number of nitrogens with zero attached hydrogens (tertiary/aromatic N) is 3. The molecule has 2 amide bonds. The van der Waals surface area contributed by atoms with Gasteiger partial charge in [0.1, 0.15) is 0 Å². The molecule has 4 aromatic rings. The Morgan fingerprint density at radius 3 is 2.73 bits per heavy atom. The van der Waals surface area contributed by atoms with Crippen LogP contribution in [0.4, 0.5) is 10.5 Å². The van der Waals surface area contributed by atoms with Crippen LogP contribution in [0.1, 0.15) is 0 Å². The first-order chi connectivity index (χ1) is 12.6. The maximum atomic E-state index is 12.8. The van der Waals surface area contributed by atoms with Crippen LogP contribution < -0.4 is 15.0 Å². The lowest BCUT2D eigenvalue weighted by molar-refractivity contribution is -0.602. The van der Waals surface area contributed by atoms with Gasteiger partial charge >= 0.3 is 11.9 Å². The number of aromatic amines is 1. The van der Waals surface area contributed by atoms with Crippen molar-refractivity contribution in [2.24, 2.45) is 0 Å². The van der Waals surface area contributed by atoms with E-state index in [0.717, 1.165) is 22.4 Å². The number of fused-ring (bicyclic) bond motifs is 1. The van der Waals surface area contributed by atoms with E-state index in [-0.39, 0.29) is 6.03 Å². The normalized spacial score (nSPS) is 10.8. The second kappa shape index (κ2) is 6.78. The van der Waals surface area contributed by atoms with E-state index in [4.69, 9.17) is 11.6 Å². The Bertz CT molecular complexity index is 1060. The van der Waals surface area contributed by atoms with Crippen molar-refractivity contribution < 1.29 is 9.47 Å². The van der Waals surface area contributed by atoms with Gasteiger partial charge in [-0.1, -0.05) is 23.7 Å². The summed E-state index contributed by atoms with van der Waals surface area (Å²) in [5.41, 5.74) is 7.96. The van der Waals surface area contributed by atoms with E-state index in [9.17, 15) is 4.79 Å². The Kier molecular flexibility index (Phi) is 4.32. The fourth-order valence-corrected chi connectivity index (χ4v) is 3.32. The molecule has 0 saturated heterocycles. The zero-order valence-electron chi connectivity index (χ0n) is 13.8. The van der Waals surface area contributed by atoms with Crippen molar-refractivity contribution in [3.8, 4) is 11.5 Å². The number of urea groups is 1. The summed E-state index contributed by atoms with van der Waals surface area (Å²) in [6.07, 6.45) is 0. The first-order valence-electron chi connectivity index (χ1n) is 7.85. The second-order valence-corrected chi connectivity index (χ2v) is 6.81. The summed E-state index contributed by atoms with van der Waals surface area (Å²) in [7, 11) is 1.70. The van der Waals surface area contributed by atoms with Crippen LogP contribution in [0, 0.1) is 0 Å². The zero-order chi connectivity index (χ0) is 18.1. The summed E-state index contributed by atoms with van der Waals surface area (Å²) >= 11 is 7.42. The number of carbonyl (C=O) groups excluding carboxylic acids is 1. The monoisotopic (exact) mass is 384 g/mol. The van der Waals surface area contributed by atoms with Gasteiger partial charge in [-0.15, -0.1) is 16.0 Å². The molecule has 0 bridgehead atoms. The number of H-pyrrole nitrogens is 1. The second-order valence-electron chi connectivity index (χ2n) is 5.65. The minimum absolute atomic E-state index is 0.279. The topological polar surface area (TPSA) is 64.9 Å². The lowest BCUT2D eigenvalue weighted by Gasteiger charge is -2.17. The van der Waals surface area contributed by atoms with Crippen LogP contribution in [0.2, 0.25) is 5.02 Å². The number of nitrogens with one attached hydrogen (secondary N) is 2. The van der Waals surface area contributed by atoms with Gasteiger partial charge in [0.25, 0.3) is 0 Å². The summed E-state index contributed by atoms with van der Waals surface area (Å²) < 4.78 is 1.72. The SMILES string of the molecule is CN(C(=O)N[n+]1c(-c2cscn2)[nH]c2ccccc21)c1ccc(Cl)cc1. The third-order valence-electron chi connectivity index (χ3n) is 4.02. The molecular formula is C18H15ClN5OS+. The van der Waals surface area contributed by atoms with Crippen LogP contribution in [-0.4, -0.2) is 23.0 Å². The number of amides is 2. The molecule has 2 N–H and O–H groups in total. The van der Waals surface area contributed by atoms with E-state index in [2.05, 4.69) is 15.4 Å². The molecule has 6 nitrogen and oxygen atoms in total. The third kappa shape index (κ3) is 3.02. The van der Waals surface area contributed by atoms with Crippen LogP contribution in [0.15, 0.2) is 59.4 Å². The summed E-state index contributed by atoms with van der Waals surface area (Å²) in [6, 6.07) is 14.6. The highest BCUT2D eigenvalue weighted by atomic mass is 35.5. The molecule has 0 atom stereocenters. The van der Waals surface area contributed by atoms with Crippen LogP contribution in [0.3, 0.4) is 0 Å².